The minimum Gasteiger partial charge on any atom is -0.308 e. The number of hydrogen-bond donors (Lipinski definition) is 0. The summed E-state index contributed by atoms with van der Waals surface area (Å²) >= 11 is 1.80. The van der Waals surface area contributed by atoms with Crippen LogP contribution in [0.5, 0.6) is 0 Å². The molecule has 268 valence electrons. The molecule has 0 saturated carbocycles. The molecule has 0 amide bonds. The highest BCUT2D eigenvalue weighted by molar-refractivity contribution is 7.99. The SMILES string of the molecule is CC1(C)c2ccccc2-c2cc(N3c4ccc(-c5ccc6ccc7cccnc7c6n5)cc4Sc4cc(-c5ccc6ccc7cccnc7c6n5)ccc43)ccc21. The zero-order valence-corrected chi connectivity index (χ0v) is 32.0. The summed E-state index contributed by atoms with van der Waals surface area (Å²) in [7, 11) is 0. The van der Waals surface area contributed by atoms with Crippen LogP contribution in [-0.2, 0) is 5.41 Å². The van der Waals surface area contributed by atoms with Crippen LogP contribution in [0.2, 0.25) is 0 Å². The summed E-state index contributed by atoms with van der Waals surface area (Å²) in [5, 5.41) is 4.34. The predicted octanol–water partition coefficient (Wildman–Crippen LogP) is 13.5. The van der Waals surface area contributed by atoms with Gasteiger partial charge in [-0.05, 0) is 82.9 Å². The van der Waals surface area contributed by atoms with Crippen LogP contribution >= 0.6 is 11.8 Å². The highest BCUT2D eigenvalue weighted by Crippen LogP contribution is 2.55. The maximum Gasteiger partial charge on any atom is 0.0972 e. The lowest BCUT2D eigenvalue weighted by Crippen LogP contribution is -2.17. The molecule has 0 saturated heterocycles. The molecule has 0 bridgehead atoms. The number of fused-ring (bicyclic) bond motifs is 11. The van der Waals surface area contributed by atoms with Crippen LogP contribution in [-0.4, -0.2) is 19.9 Å². The maximum absolute atomic E-state index is 5.22. The minimum absolute atomic E-state index is 0.0662. The Bertz CT molecular complexity index is 3170. The first-order valence-corrected chi connectivity index (χ1v) is 20.1. The largest absolute Gasteiger partial charge is 0.308 e. The van der Waals surface area contributed by atoms with Crippen LogP contribution in [0, 0.1) is 0 Å². The molecule has 1 aliphatic carbocycles. The summed E-state index contributed by atoms with van der Waals surface area (Å²) in [5.41, 5.74) is 16.3. The Balaban J connectivity index is 1.03. The number of anilines is 3. The second kappa shape index (κ2) is 12.1. The molecule has 2 aliphatic rings. The third kappa shape index (κ3) is 4.90. The van der Waals surface area contributed by atoms with Crippen LogP contribution in [0.3, 0.4) is 0 Å². The van der Waals surface area contributed by atoms with Gasteiger partial charge in [-0.25, -0.2) is 9.97 Å². The van der Waals surface area contributed by atoms with E-state index in [0.29, 0.717) is 0 Å². The van der Waals surface area contributed by atoms with Gasteiger partial charge >= 0.3 is 0 Å². The molecule has 5 nitrogen and oxygen atoms in total. The molecule has 1 aliphatic heterocycles. The van der Waals surface area contributed by atoms with E-state index in [2.05, 4.69) is 158 Å². The van der Waals surface area contributed by atoms with Crippen molar-refractivity contribution in [2.75, 3.05) is 4.90 Å². The van der Waals surface area contributed by atoms with Crippen molar-refractivity contribution < 1.29 is 0 Å². The zero-order valence-electron chi connectivity index (χ0n) is 31.2. The number of hydrogen-bond acceptors (Lipinski definition) is 6. The van der Waals surface area contributed by atoms with Crippen molar-refractivity contribution in [2.45, 2.75) is 29.1 Å². The van der Waals surface area contributed by atoms with E-state index in [0.717, 1.165) is 93.0 Å². The van der Waals surface area contributed by atoms with E-state index in [9.17, 15) is 0 Å². The van der Waals surface area contributed by atoms with E-state index in [-0.39, 0.29) is 5.41 Å². The molecule has 12 rings (SSSR count). The van der Waals surface area contributed by atoms with Crippen LogP contribution in [0.15, 0.2) is 174 Å². The normalized spacial score (nSPS) is 13.8. The Hall–Kier alpha value is -6.89. The van der Waals surface area contributed by atoms with Crippen molar-refractivity contribution in [3.63, 3.8) is 0 Å². The maximum atomic E-state index is 5.22. The zero-order chi connectivity index (χ0) is 37.8. The topological polar surface area (TPSA) is 54.8 Å². The van der Waals surface area contributed by atoms with Crippen LogP contribution in [0.25, 0.3) is 77.3 Å². The van der Waals surface area contributed by atoms with Gasteiger partial charge in [0.1, 0.15) is 0 Å². The Morgan fingerprint density at radius 1 is 0.456 bits per heavy atom. The predicted molar refractivity (Wildman–Crippen MR) is 235 cm³/mol. The van der Waals surface area contributed by atoms with E-state index >= 15 is 0 Å². The van der Waals surface area contributed by atoms with Gasteiger partial charge in [0.2, 0.25) is 0 Å². The van der Waals surface area contributed by atoms with Gasteiger partial charge in [-0.15, -0.1) is 0 Å². The molecule has 0 N–H and O–H groups in total. The van der Waals surface area contributed by atoms with Crippen molar-refractivity contribution in [1.29, 1.82) is 0 Å². The molecule has 0 spiro atoms. The second-order valence-electron chi connectivity index (χ2n) is 15.5. The Morgan fingerprint density at radius 2 is 0.982 bits per heavy atom. The van der Waals surface area contributed by atoms with E-state index < -0.39 is 0 Å². The summed E-state index contributed by atoms with van der Waals surface area (Å²) < 4.78 is 0. The number of aromatic nitrogens is 4. The monoisotopic (exact) mass is 747 g/mol. The van der Waals surface area contributed by atoms with Gasteiger partial charge in [0.05, 0.1) is 44.8 Å². The van der Waals surface area contributed by atoms with Gasteiger partial charge in [0.15, 0.2) is 0 Å². The number of benzene rings is 6. The van der Waals surface area contributed by atoms with Gasteiger partial charge in [0.25, 0.3) is 0 Å². The molecule has 4 aromatic heterocycles. The average Bonchev–Trinajstić information content (AvgIpc) is 3.49. The summed E-state index contributed by atoms with van der Waals surface area (Å²) in [6.07, 6.45) is 3.69. The second-order valence-corrected chi connectivity index (χ2v) is 16.6. The molecule has 0 fully saturated rings. The fraction of sp³-hybridized carbons (Fsp3) is 0.0588. The Kier molecular flexibility index (Phi) is 6.84. The van der Waals surface area contributed by atoms with Gasteiger partial charge < -0.3 is 4.90 Å². The van der Waals surface area contributed by atoms with Crippen LogP contribution in [0.1, 0.15) is 25.0 Å². The lowest BCUT2D eigenvalue weighted by Gasteiger charge is -2.34. The fourth-order valence-electron chi connectivity index (χ4n) is 9.02. The Morgan fingerprint density at radius 3 is 1.58 bits per heavy atom. The molecule has 6 heteroatoms. The van der Waals surface area contributed by atoms with Gasteiger partial charge in [-0.1, -0.05) is 117 Å². The van der Waals surface area contributed by atoms with Crippen molar-refractivity contribution in [3.05, 3.63) is 175 Å². The first kappa shape index (κ1) is 32.4. The molecule has 10 aromatic rings. The van der Waals surface area contributed by atoms with Crippen LogP contribution in [0.4, 0.5) is 17.1 Å². The first-order valence-electron chi connectivity index (χ1n) is 19.3. The summed E-state index contributed by atoms with van der Waals surface area (Å²) in [6, 6.07) is 54.6. The lowest BCUT2D eigenvalue weighted by atomic mass is 9.82. The summed E-state index contributed by atoms with van der Waals surface area (Å²) in [6.45, 7) is 4.67. The average molecular weight is 748 g/mol. The number of nitrogens with zero attached hydrogens (tertiary/aromatic N) is 5. The lowest BCUT2D eigenvalue weighted by molar-refractivity contribution is 0.660. The van der Waals surface area contributed by atoms with E-state index in [4.69, 9.17) is 19.9 Å². The van der Waals surface area contributed by atoms with Crippen molar-refractivity contribution in [2.24, 2.45) is 0 Å². The quantitative estimate of drug-likeness (QED) is 0.168. The fourth-order valence-corrected chi connectivity index (χ4v) is 10.2. The molecular formula is C51H33N5S. The Labute approximate surface area is 333 Å². The molecule has 0 radical (unpaired) electrons. The molecular weight excluding hydrogens is 715 g/mol. The molecule has 0 atom stereocenters. The third-order valence-electron chi connectivity index (χ3n) is 11.9. The molecule has 0 unspecified atom stereocenters. The smallest absolute Gasteiger partial charge is 0.0972 e. The number of pyridine rings is 4. The van der Waals surface area contributed by atoms with Gasteiger partial charge in [-0.3, -0.25) is 9.97 Å². The van der Waals surface area contributed by atoms with E-state index in [1.807, 2.05) is 24.5 Å². The number of rotatable bonds is 3. The standard InChI is InChI=1S/C51H33N5S/c1-51(2)39-10-4-3-9-37(39)38-29-36(19-20-40(38)51)56-43-23-17-34(41-21-15-32-13-11-30-7-5-25-52-47(30)49(32)54-41)27-45(43)57-46-28-35(18-24-44(46)56)42-22-16-33-14-12-31-8-6-26-53-48(31)50(33)55-42/h3-29H,1-2H3. The highest BCUT2D eigenvalue weighted by Gasteiger charge is 2.36. The van der Waals surface area contributed by atoms with Gasteiger partial charge in [0, 0.05) is 66.0 Å². The minimum atomic E-state index is -0.0662. The summed E-state index contributed by atoms with van der Waals surface area (Å²) in [5.74, 6) is 0. The van der Waals surface area contributed by atoms with Crippen molar-refractivity contribution in [3.8, 4) is 33.6 Å². The molecule has 5 heterocycles. The third-order valence-corrected chi connectivity index (χ3v) is 13.0. The van der Waals surface area contributed by atoms with Crippen molar-refractivity contribution >= 4 is 72.4 Å². The van der Waals surface area contributed by atoms with E-state index in [1.165, 1.54) is 22.3 Å². The summed E-state index contributed by atoms with van der Waals surface area (Å²) in [4.78, 5) is 24.6. The highest BCUT2D eigenvalue weighted by atomic mass is 32.2. The molecule has 6 aromatic carbocycles. The van der Waals surface area contributed by atoms with Crippen molar-refractivity contribution in [1.82, 2.24) is 19.9 Å². The van der Waals surface area contributed by atoms with Gasteiger partial charge in [-0.2, -0.15) is 0 Å². The van der Waals surface area contributed by atoms with Crippen LogP contribution < -0.4 is 4.90 Å². The van der Waals surface area contributed by atoms with E-state index in [1.54, 1.807) is 11.8 Å². The molecule has 57 heavy (non-hydrogen) atoms. The first-order chi connectivity index (χ1) is 28.0.